The van der Waals surface area contributed by atoms with Gasteiger partial charge in [-0.1, -0.05) is 86.6 Å². The van der Waals surface area contributed by atoms with E-state index in [1.54, 1.807) is 26.0 Å². The second-order valence-electron chi connectivity index (χ2n) is 9.27. The van der Waals surface area contributed by atoms with Gasteiger partial charge in [-0.2, -0.15) is 0 Å². The number of benzene rings is 3. The molecule has 0 aliphatic carbocycles. The fourth-order valence-electron chi connectivity index (χ4n) is 4.68. The standard InChI is InChI=1S/C29H24FN3O3/c1-29(2,27(34)33-28(31)35)24-20-9-6-10-22(30)25(20)36-26-21(24)15-16-23(32-26)19-13-11-18(12-14-19)17-7-4-3-5-8-17/h3-16,24H,1-2H3,(H3,31,33,34,35)/t24-/m0/s1. The van der Waals surface area contributed by atoms with Crippen LogP contribution in [0.1, 0.15) is 30.9 Å². The number of carbonyl (C=O) groups is 2. The molecule has 0 fully saturated rings. The maximum Gasteiger partial charge on any atom is 0.318 e. The molecule has 0 bridgehead atoms. The largest absolute Gasteiger partial charge is 0.435 e. The number of fused-ring (bicyclic) bond motifs is 2. The Balaban J connectivity index is 1.57. The molecule has 1 atom stereocenters. The molecule has 0 radical (unpaired) electrons. The van der Waals surface area contributed by atoms with Gasteiger partial charge in [0.15, 0.2) is 11.6 Å². The number of hydrogen-bond donors (Lipinski definition) is 2. The zero-order valence-corrected chi connectivity index (χ0v) is 19.8. The molecule has 3 aromatic carbocycles. The molecule has 1 aliphatic heterocycles. The minimum absolute atomic E-state index is 0.0130. The number of nitrogens with two attached hydrogens (primary N) is 1. The lowest BCUT2D eigenvalue weighted by Gasteiger charge is -2.37. The highest BCUT2D eigenvalue weighted by Gasteiger charge is 2.45. The Bertz CT molecular complexity index is 1470. The van der Waals surface area contributed by atoms with E-state index in [0.29, 0.717) is 16.8 Å². The van der Waals surface area contributed by atoms with Crippen LogP contribution in [0.5, 0.6) is 11.6 Å². The monoisotopic (exact) mass is 481 g/mol. The summed E-state index contributed by atoms with van der Waals surface area (Å²) in [7, 11) is 0. The number of pyridine rings is 1. The van der Waals surface area contributed by atoms with Crippen molar-refractivity contribution >= 4 is 11.9 Å². The van der Waals surface area contributed by atoms with Gasteiger partial charge in [-0.05, 0) is 23.3 Å². The number of carbonyl (C=O) groups excluding carboxylic acids is 2. The van der Waals surface area contributed by atoms with Crippen LogP contribution >= 0.6 is 0 Å². The van der Waals surface area contributed by atoms with Crippen LogP contribution in [-0.4, -0.2) is 16.9 Å². The maximum absolute atomic E-state index is 14.8. The van der Waals surface area contributed by atoms with Gasteiger partial charge < -0.3 is 10.5 Å². The highest BCUT2D eigenvalue weighted by molar-refractivity contribution is 5.97. The van der Waals surface area contributed by atoms with Crippen LogP contribution in [0, 0.1) is 11.2 Å². The summed E-state index contributed by atoms with van der Waals surface area (Å²) in [5, 5.41) is 2.16. The molecule has 1 aromatic heterocycles. The molecule has 0 saturated heterocycles. The van der Waals surface area contributed by atoms with E-state index in [1.165, 1.54) is 6.07 Å². The molecule has 2 heterocycles. The molecule has 36 heavy (non-hydrogen) atoms. The van der Waals surface area contributed by atoms with Crippen molar-refractivity contribution in [3.63, 3.8) is 0 Å². The Kier molecular flexibility index (Phi) is 5.76. The average molecular weight is 482 g/mol. The van der Waals surface area contributed by atoms with Gasteiger partial charge in [0.25, 0.3) is 0 Å². The van der Waals surface area contributed by atoms with Crippen molar-refractivity contribution < 1.29 is 18.7 Å². The van der Waals surface area contributed by atoms with Gasteiger partial charge in [0, 0.05) is 22.6 Å². The molecule has 4 aromatic rings. The second-order valence-corrected chi connectivity index (χ2v) is 9.27. The summed E-state index contributed by atoms with van der Waals surface area (Å²) in [4.78, 5) is 29.0. The number of aromatic nitrogens is 1. The van der Waals surface area contributed by atoms with Crippen molar-refractivity contribution in [3.8, 4) is 34.0 Å². The molecule has 5 rings (SSSR count). The van der Waals surface area contributed by atoms with Gasteiger partial charge in [-0.3, -0.25) is 10.1 Å². The summed E-state index contributed by atoms with van der Waals surface area (Å²) >= 11 is 0. The Morgan fingerprint density at radius 1 is 0.861 bits per heavy atom. The number of nitrogens with zero attached hydrogens (tertiary/aromatic N) is 1. The molecule has 6 nitrogen and oxygen atoms in total. The maximum atomic E-state index is 14.8. The van der Waals surface area contributed by atoms with Gasteiger partial charge >= 0.3 is 6.03 Å². The molecule has 3 amide bonds. The molecule has 1 aliphatic rings. The van der Waals surface area contributed by atoms with Crippen LogP contribution in [-0.2, 0) is 4.79 Å². The average Bonchev–Trinajstić information content (AvgIpc) is 2.87. The lowest BCUT2D eigenvalue weighted by Crippen LogP contribution is -2.46. The van der Waals surface area contributed by atoms with Crippen LogP contribution in [0.3, 0.4) is 0 Å². The molecule has 7 heteroatoms. The summed E-state index contributed by atoms with van der Waals surface area (Å²) < 4.78 is 20.8. The van der Waals surface area contributed by atoms with E-state index in [1.807, 2.05) is 66.7 Å². The van der Waals surface area contributed by atoms with E-state index in [0.717, 1.165) is 16.7 Å². The number of para-hydroxylation sites is 1. The molecule has 0 saturated carbocycles. The zero-order valence-electron chi connectivity index (χ0n) is 19.8. The van der Waals surface area contributed by atoms with Crippen molar-refractivity contribution in [2.75, 3.05) is 0 Å². The van der Waals surface area contributed by atoms with E-state index in [4.69, 9.17) is 15.5 Å². The first-order valence-corrected chi connectivity index (χ1v) is 11.5. The number of amides is 3. The molecule has 180 valence electrons. The number of nitrogens with one attached hydrogen (secondary N) is 1. The number of hydrogen-bond acceptors (Lipinski definition) is 4. The van der Waals surface area contributed by atoms with E-state index in [-0.39, 0.29) is 11.6 Å². The lowest BCUT2D eigenvalue weighted by atomic mass is 9.69. The van der Waals surface area contributed by atoms with Crippen molar-refractivity contribution in [3.05, 3.63) is 102 Å². The fraction of sp³-hybridized carbons (Fsp3) is 0.138. The molecular weight excluding hydrogens is 457 g/mol. The second kappa shape index (κ2) is 8.92. The first kappa shape index (κ1) is 23.2. The highest BCUT2D eigenvalue weighted by atomic mass is 19.1. The van der Waals surface area contributed by atoms with Gasteiger partial charge in [0.2, 0.25) is 11.8 Å². The summed E-state index contributed by atoms with van der Waals surface area (Å²) in [5.41, 5.74) is 8.83. The van der Waals surface area contributed by atoms with Crippen molar-refractivity contribution in [2.45, 2.75) is 19.8 Å². The summed E-state index contributed by atoms with van der Waals surface area (Å²) in [5.74, 6) is -1.55. The Morgan fingerprint density at radius 3 is 2.22 bits per heavy atom. The number of urea groups is 1. The minimum Gasteiger partial charge on any atom is -0.435 e. The van der Waals surface area contributed by atoms with Crippen molar-refractivity contribution in [1.29, 1.82) is 0 Å². The van der Waals surface area contributed by atoms with E-state index in [9.17, 15) is 14.0 Å². The smallest absolute Gasteiger partial charge is 0.318 e. The van der Waals surface area contributed by atoms with E-state index < -0.39 is 29.1 Å². The van der Waals surface area contributed by atoms with Crippen LogP contribution in [0.15, 0.2) is 84.9 Å². The van der Waals surface area contributed by atoms with Gasteiger partial charge in [0.05, 0.1) is 11.1 Å². The third-order valence-corrected chi connectivity index (χ3v) is 6.54. The van der Waals surface area contributed by atoms with E-state index >= 15 is 0 Å². The number of ether oxygens (including phenoxy) is 1. The number of imide groups is 1. The topological polar surface area (TPSA) is 94.3 Å². The van der Waals surface area contributed by atoms with Gasteiger partial charge in [0.1, 0.15) is 0 Å². The van der Waals surface area contributed by atoms with Crippen molar-refractivity contribution in [2.24, 2.45) is 11.1 Å². The quantitative estimate of drug-likeness (QED) is 0.373. The predicted molar refractivity (Wildman–Crippen MR) is 135 cm³/mol. The van der Waals surface area contributed by atoms with Crippen LogP contribution < -0.4 is 15.8 Å². The SMILES string of the molecule is CC(C)(C(=O)NC(N)=O)[C@@H]1c2ccc(-c3ccc(-c4ccccc4)cc3)nc2Oc2c(F)cccc21. The summed E-state index contributed by atoms with van der Waals surface area (Å²) in [6, 6.07) is 25.3. The highest BCUT2D eigenvalue weighted by Crippen LogP contribution is 2.52. The number of halogens is 1. The van der Waals surface area contributed by atoms with Gasteiger partial charge in [-0.25, -0.2) is 14.2 Å². The van der Waals surface area contributed by atoms with Crippen LogP contribution in [0.4, 0.5) is 9.18 Å². The predicted octanol–water partition coefficient (Wildman–Crippen LogP) is 6.01. The normalized spacial score (nSPS) is 14.2. The van der Waals surface area contributed by atoms with Crippen LogP contribution in [0.2, 0.25) is 0 Å². The Morgan fingerprint density at radius 2 is 1.53 bits per heavy atom. The van der Waals surface area contributed by atoms with Gasteiger partial charge in [-0.15, -0.1) is 0 Å². The fourth-order valence-corrected chi connectivity index (χ4v) is 4.68. The Hall–Kier alpha value is -4.52. The summed E-state index contributed by atoms with van der Waals surface area (Å²) in [6.07, 6.45) is 0. The number of primary amides is 1. The molecular formula is C29H24FN3O3. The molecule has 0 spiro atoms. The third kappa shape index (κ3) is 4.09. The Labute approximate surface area is 207 Å². The summed E-state index contributed by atoms with van der Waals surface area (Å²) in [6.45, 7) is 3.35. The molecule has 0 unspecified atom stereocenters. The van der Waals surface area contributed by atoms with E-state index in [2.05, 4.69) is 5.32 Å². The van der Waals surface area contributed by atoms with Crippen LogP contribution in [0.25, 0.3) is 22.4 Å². The number of rotatable bonds is 4. The first-order chi connectivity index (χ1) is 17.3. The zero-order chi connectivity index (χ0) is 25.4. The molecule has 3 N–H and O–H groups in total. The lowest BCUT2D eigenvalue weighted by molar-refractivity contribution is -0.128. The first-order valence-electron chi connectivity index (χ1n) is 11.5. The third-order valence-electron chi connectivity index (χ3n) is 6.54. The van der Waals surface area contributed by atoms with Crippen molar-refractivity contribution in [1.82, 2.24) is 10.3 Å². The minimum atomic E-state index is -1.17.